The van der Waals surface area contributed by atoms with Crippen molar-refractivity contribution in [2.24, 2.45) is 8.73 Å². The van der Waals surface area contributed by atoms with Gasteiger partial charge in [-0.3, -0.25) is 4.72 Å². The molecule has 3 rings (SSSR count). The van der Waals surface area contributed by atoms with Gasteiger partial charge in [0.25, 0.3) is 10.0 Å². The van der Waals surface area contributed by atoms with Gasteiger partial charge < -0.3 is 0 Å². The molecule has 1 N–H and O–H groups in total. The summed E-state index contributed by atoms with van der Waals surface area (Å²) in [5.74, 6) is -0.682. The van der Waals surface area contributed by atoms with Gasteiger partial charge in [-0.15, -0.1) is 0 Å². The number of nitrogens with one attached hydrogen (secondary N) is 1. The van der Waals surface area contributed by atoms with Gasteiger partial charge in [0, 0.05) is 0 Å². The first kappa shape index (κ1) is 12.9. The Morgan fingerprint density at radius 2 is 2.00 bits per heavy atom. The summed E-state index contributed by atoms with van der Waals surface area (Å²) in [5.41, 5.74) is 0.988. The summed E-state index contributed by atoms with van der Waals surface area (Å²) in [6.45, 7) is 0. The zero-order chi connectivity index (χ0) is 14.2. The number of sulfonamides is 1. The SMILES string of the molecule is O=S(=O)(Nc1ccc(F)nc1)c1cccc2c1N=S=N2. The highest BCUT2D eigenvalue weighted by Crippen LogP contribution is 2.37. The highest BCUT2D eigenvalue weighted by atomic mass is 32.2. The summed E-state index contributed by atoms with van der Waals surface area (Å²) in [6.07, 6.45) is 1.10. The first-order chi connectivity index (χ1) is 9.56. The first-order valence-electron chi connectivity index (χ1n) is 5.42. The van der Waals surface area contributed by atoms with Crippen molar-refractivity contribution in [2.75, 3.05) is 4.72 Å². The fraction of sp³-hybridized carbons (Fsp3) is 0. The van der Waals surface area contributed by atoms with Crippen LogP contribution in [0.5, 0.6) is 0 Å². The van der Waals surface area contributed by atoms with Gasteiger partial charge in [0.05, 0.1) is 23.2 Å². The Labute approximate surface area is 117 Å². The van der Waals surface area contributed by atoms with E-state index in [0.29, 0.717) is 11.4 Å². The van der Waals surface area contributed by atoms with E-state index in [9.17, 15) is 12.8 Å². The molecule has 20 heavy (non-hydrogen) atoms. The highest BCUT2D eigenvalue weighted by Gasteiger charge is 2.22. The summed E-state index contributed by atoms with van der Waals surface area (Å²) in [6, 6.07) is 7.06. The second-order valence-electron chi connectivity index (χ2n) is 3.86. The van der Waals surface area contributed by atoms with Crippen LogP contribution in [0.1, 0.15) is 0 Å². The molecule has 0 spiro atoms. The Bertz CT molecular complexity index is 843. The van der Waals surface area contributed by atoms with Crippen molar-refractivity contribution in [3.05, 3.63) is 42.5 Å². The molecule has 0 fully saturated rings. The van der Waals surface area contributed by atoms with Crippen molar-refractivity contribution >= 4 is 38.4 Å². The van der Waals surface area contributed by atoms with Gasteiger partial charge in [-0.1, -0.05) is 6.07 Å². The molecule has 0 saturated carbocycles. The Kier molecular flexibility index (Phi) is 3.07. The van der Waals surface area contributed by atoms with Crippen LogP contribution in [0.15, 0.2) is 50.1 Å². The molecule has 0 unspecified atom stereocenters. The molecular formula is C11H7FN4O2S2. The quantitative estimate of drug-likeness (QED) is 0.755. The van der Waals surface area contributed by atoms with Crippen LogP contribution in [0.25, 0.3) is 0 Å². The van der Waals surface area contributed by atoms with Crippen LogP contribution in [0.4, 0.5) is 21.5 Å². The Balaban J connectivity index is 1.99. The van der Waals surface area contributed by atoms with Gasteiger partial charge in [0.2, 0.25) is 5.95 Å². The molecule has 0 amide bonds. The number of fused-ring (bicyclic) bond motifs is 1. The van der Waals surface area contributed by atoms with Crippen molar-refractivity contribution in [1.82, 2.24) is 4.98 Å². The van der Waals surface area contributed by atoms with Crippen molar-refractivity contribution in [3.63, 3.8) is 0 Å². The van der Waals surface area contributed by atoms with E-state index in [1.807, 2.05) is 0 Å². The fourth-order valence-electron chi connectivity index (χ4n) is 1.64. The molecule has 1 aliphatic heterocycles. The maximum atomic E-state index is 12.7. The van der Waals surface area contributed by atoms with Crippen molar-refractivity contribution < 1.29 is 12.8 Å². The monoisotopic (exact) mass is 310 g/mol. The minimum Gasteiger partial charge on any atom is -0.278 e. The lowest BCUT2D eigenvalue weighted by molar-refractivity contribution is 0.583. The number of hydrogen-bond donors (Lipinski definition) is 1. The summed E-state index contributed by atoms with van der Waals surface area (Å²) in [4.78, 5) is 3.41. The van der Waals surface area contributed by atoms with E-state index in [2.05, 4.69) is 18.4 Å². The van der Waals surface area contributed by atoms with E-state index in [1.165, 1.54) is 12.1 Å². The van der Waals surface area contributed by atoms with Crippen LogP contribution in [0, 0.1) is 5.95 Å². The molecule has 102 valence electrons. The average molecular weight is 310 g/mol. The van der Waals surface area contributed by atoms with E-state index < -0.39 is 16.0 Å². The molecular weight excluding hydrogens is 303 g/mol. The number of benzene rings is 1. The van der Waals surface area contributed by atoms with Crippen molar-refractivity contribution in [3.8, 4) is 0 Å². The van der Waals surface area contributed by atoms with Gasteiger partial charge >= 0.3 is 0 Å². The molecule has 1 aromatic heterocycles. The van der Waals surface area contributed by atoms with E-state index in [1.54, 1.807) is 12.1 Å². The number of anilines is 1. The van der Waals surface area contributed by atoms with E-state index in [-0.39, 0.29) is 10.6 Å². The normalized spacial score (nSPS) is 12.8. The molecule has 0 aliphatic carbocycles. The van der Waals surface area contributed by atoms with Crippen LogP contribution >= 0.6 is 0 Å². The third-order valence-corrected chi connectivity index (χ3v) is 4.47. The van der Waals surface area contributed by atoms with Gasteiger partial charge in [0.15, 0.2) is 0 Å². The Morgan fingerprint density at radius 3 is 2.75 bits per heavy atom. The number of pyridine rings is 1. The molecule has 0 saturated heterocycles. The average Bonchev–Trinajstić information content (AvgIpc) is 2.89. The summed E-state index contributed by atoms with van der Waals surface area (Å²) < 4.78 is 47.6. The maximum Gasteiger partial charge on any atom is 0.264 e. The number of rotatable bonds is 3. The summed E-state index contributed by atoms with van der Waals surface area (Å²) in [5, 5.41) is 0. The predicted molar refractivity (Wildman–Crippen MR) is 73.0 cm³/mol. The van der Waals surface area contributed by atoms with Crippen LogP contribution in [0.2, 0.25) is 0 Å². The van der Waals surface area contributed by atoms with Crippen LogP contribution in [-0.2, 0) is 21.4 Å². The van der Waals surface area contributed by atoms with E-state index in [4.69, 9.17) is 0 Å². The third-order valence-electron chi connectivity index (χ3n) is 2.52. The zero-order valence-corrected chi connectivity index (χ0v) is 11.4. The van der Waals surface area contributed by atoms with Crippen LogP contribution in [-0.4, -0.2) is 13.4 Å². The second kappa shape index (κ2) is 4.76. The largest absolute Gasteiger partial charge is 0.278 e. The lowest BCUT2D eigenvalue weighted by Crippen LogP contribution is -2.13. The van der Waals surface area contributed by atoms with Gasteiger partial charge in [-0.05, 0) is 24.3 Å². The standard InChI is InChI=1S/C11H7FN4O2S2/c12-10-5-4-7(6-13-10)16-20(17,18)9-3-1-2-8-11(9)15-19-14-8/h1-6,16H. The molecule has 0 radical (unpaired) electrons. The maximum absolute atomic E-state index is 12.7. The topological polar surface area (TPSA) is 83.8 Å². The molecule has 6 nitrogen and oxygen atoms in total. The lowest BCUT2D eigenvalue weighted by atomic mass is 10.3. The van der Waals surface area contributed by atoms with Gasteiger partial charge in [-0.2, -0.15) is 13.1 Å². The molecule has 2 heterocycles. The number of hydrogen-bond acceptors (Lipinski definition) is 5. The molecule has 1 aromatic carbocycles. The van der Waals surface area contributed by atoms with Crippen molar-refractivity contribution in [2.45, 2.75) is 4.90 Å². The predicted octanol–water partition coefficient (Wildman–Crippen LogP) is 2.75. The Morgan fingerprint density at radius 1 is 1.15 bits per heavy atom. The van der Waals surface area contributed by atoms with Crippen LogP contribution in [0.3, 0.4) is 0 Å². The number of aromatic nitrogens is 1. The summed E-state index contributed by atoms with van der Waals surface area (Å²) >= 11 is 0.937. The lowest BCUT2D eigenvalue weighted by Gasteiger charge is -2.09. The van der Waals surface area contributed by atoms with Crippen LogP contribution < -0.4 is 4.72 Å². The minimum absolute atomic E-state index is 0.0214. The zero-order valence-electron chi connectivity index (χ0n) is 9.82. The molecule has 2 aromatic rings. The summed E-state index contributed by atoms with van der Waals surface area (Å²) in [7, 11) is -3.83. The molecule has 1 aliphatic rings. The first-order valence-corrected chi connectivity index (χ1v) is 7.63. The minimum atomic E-state index is -3.83. The number of halogens is 1. The Hall–Kier alpha value is -2.13. The number of nitrogens with zero attached hydrogens (tertiary/aromatic N) is 3. The molecule has 0 atom stereocenters. The van der Waals surface area contributed by atoms with Crippen molar-refractivity contribution in [1.29, 1.82) is 0 Å². The smallest absolute Gasteiger partial charge is 0.264 e. The highest BCUT2D eigenvalue weighted by molar-refractivity contribution is 7.93. The van der Waals surface area contributed by atoms with E-state index >= 15 is 0 Å². The fourth-order valence-corrected chi connectivity index (χ4v) is 3.46. The van der Waals surface area contributed by atoms with E-state index in [0.717, 1.165) is 23.6 Å². The second-order valence-corrected chi connectivity index (χ2v) is 6.04. The molecule has 0 bridgehead atoms. The third kappa shape index (κ3) is 2.32. The molecule has 9 heteroatoms. The van der Waals surface area contributed by atoms with Gasteiger partial charge in [0.1, 0.15) is 16.3 Å². The van der Waals surface area contributed by atoms with Gasteiger partial charge in [-0.25, -0.2) is 13.4 Å².